The molecule has 0 radical (unpaired) electrons. The van der Waals surface area contributed by atoms with Crippen molar-refractivity contribution >= 4 is 5.97 Å². The molecule has 0 N–H and O–H groups in total. The molecule has 0 aromatic heterocycles. The van der Waals surface area contributed by atoms with Crippen molar-refractivity contribution in [3.63, 3.8) is 0 Å². The third kappa shape index (κ3) is 8.25. The summed E-state index contributed by atoms with van der Waals surface area (Å²) in [6.07, 6.45) is 13.5. The fourth-order valence-corrected chi connectivity index (χ4v) is 3.14. The van der Waals surface area contributed by atoms with Gasteiger partial charge in [0.15, 0.2) is 0 Å². The van der Waals surface area contributed by atoms with Gasteiger partial charge in [0.1, 0.15) is 6.54 Å². The van der Waals surface area contributed by atoms with Crippen LogP contribution in [0.4, 0.5) is 0 Å². The molecule has 1 fully saturated rings. The van der Waals surface area contributed by atoms with Gasteiger partial charge in [-0.2, -0.15) is 0 Å². The lowest BCUT2D eigenvalue weighted by Crippen LogP contribution is -2.49. The Morgan fingerprint density at radius 2 is 1.47 bits per heavy atom. The van der Waals surface area contributed by atoms with Crippen LogP contribution in [0, 0.1) is 5.92 Å². The zero-order valence-electron chi connectivity index (χ0n) is 12.8. The van der Waals surface area contributed by atoms with Crippen molar-refractivity contribution in [3.05, 3.63) is 0 Å². The van der Waals surface area contributed by atoms with E-state index in [-0.39, 0.29) is 6.54 Å². The van der Waals surface area contributed by atoms with Gasteiger partial charge in [-0.05, 0) is 12.3 Å². The third-order valence-corrected chi connectivity index (χ3v) is 4.42. The van der Waals surface area contributed by atoms with Gasteiger partial charge in [0.25, 0.3) is 0 Å². The second kappa shape index (κ2) is 8.57. The van der Waals surface area contributed by atoms with Crippen LogP contribution in [0.3, 0.4) is 0 Å². The molecule has 1 rings (SSSR count). The molecular formula is C16H31NO2. The molecule has 0 spiro atoms. The van der Waals surface area contributed by atoms with Gasteiger partial charge in [-0.3, -0.25) is 0 Å². The van der Waals surface area contributed by atoms with Crippen LogP contribution < -0.4 is 5.11 Å². The van der Waals surface area contributed by atoms with Crippen molar-refractivity contribution in [2.45, 2.75) is 64.2 Å². The van der Waals surface area contributed by atoms with E-state index in [1.165, 1.54) is 64.2 Å². The predicted molar refractivity (Wildman–Crippen MR) is 76.5 cm³/mol. The van der Waals surface area contributed by atoms with E-state index in [2.05, 4.69) is 0 Å². The van der Waals surface area contributed by atoms with E-state index >= 15 is 0 Å². The number of carboxylic acids is 1. The van der Waals surface area contributed by atoms with Crippen molar-refractivity contribution < 1.29 is 14.4 Å². The molecule has 0 bridgehead atoms. The minimum absolute atomic E-state index is 0.132. The first-order chi connectivity index (χ1) is 8.99. The zero-order chi connectivity index (χ0) is 14.1. The van der Waals surface area contributed by atoms with Gasteiger partial charge < -0.3 is 14.4 Å². The molecule has 0 aromatic rings. The molecule has 1 aliphatic rings. The fraction of sp³-hybridized carbons (Fsp3) is 0.938. The molecule has 3 nitrogen and oxygen atoms in total. The predicted octanol–water partition coefficient (Wildman–Crippen LogP) is 2.34. The number of rotatable bonds is 5. The van der Waals surface area contributed by atoms with Gasteiger partial charge >= 0.3 is 0 Å². The van der Waals surface area contributed by atoms with Gasteiger partial charge in [-0.25, -0.2) is 0 Å². The molecule has 0 atom stereocenters. The van der Waals surface area contributed by atoms with Crippen LogP contribution in [0.25, 0.3) is 0 Å². The number of quaternary nitrogens is 1. The van der Waals surface area contributed by atoms with Crippen LogP contribution in [-0.2, 0) is 4.79 Å². The molecule has 19 heavy (non-hydrogen) atoms. The lowest BCUT2D eigenvalue weighted by Gasteiger charge is -2.32. The largest absolute Gasteiger partial charge is 0.544 e. The van der Waals surface area contributed by atoms with Crippen LogP contribution >= 0.6 is 0 Å². The molecule has 3 heteroatoms. The second-order valence-corrected chi connectivity index (χ2v) is 6.90. The molecule has 1 saturated carbocycles. The quantitative estimate of drug-likeness (QED) is 0.719. The van der Waals surface area contributed by atoms with Crippen molar-refractivity contribution in [3.8, 4) is 0 Å². The first-order valence-corrected chi connectivity index (χ1v) is 8.01. The maximum Gasteiger partial charge on any atom is 0.119 e. The number of carbonyl (C=O) groups excluding carboxylic acids is 1. The lowest BCUT2D eigenvalue weighted by atomic mass is 9.89. The van der Waals surface area contributed by atoms with Crippen LogP contribution in [0.1, 0.15) is 64.2 Å². The molecule has 0 unspecified atom stereocenters. The molecule has 0 heterocycles. The normalized spacial score (nSPS) is 20.1. The number of carbonyl (C=O) groups is 1. The minimum atomic E-state index is -0.934. The summed E-state index contributed by atoms with van der Waals surface area (Å²) in [7, 11) is 3.99. The highest BCUT2D eigenvalue weighted by Gasteiger charge is 2.19. The number of nitrogens with zero attached hydrogens (tertiary/aromatic N) is 1. The zero-order valence-corrected chi connectivity index (χ0v) is 12.8. The van der Waals surface area contributed by atoms with E-state index < -0.39 is 5.97 Å². The van der Waals surface area contributed by atoms with Gasteiger partial charge in [-0.15, -0.1) is 0 Å². The number of hydrogen-bond donors (Lipinski definition) is 0. The standard InChI is InChI=1S/C16H31NO2/c1-17(2,14-16(18)19)13-12-15-10-8-6-4-3-5-7-9-11-15/h15H,3-14H2,1-2H3. The maximum absolute atomic E-state index is 10.7. The van der Waals surface area contributed by atoms with Crippen molar-refractivity contribution in [1.29, 1.82) is 0 Å². The number of aliphatic carboxylic acids is 1. The molecule has 0 aliphatic heterocycles. The second-order valence-electron chi connectivity index (χ2n) is 6.90. The van der Waals surface area contributed by atoms with E-state index in [1.54, 1.807) is 0 Å². The molecule has 1 aliphatic carbocycles. The van der Waals surface area contributed by atoms with E-state index in [4.69, 9.17) is 0 Å². The Kier molecular flexibility index (Phi) is 7.44. The Morgan fingerprint density at radius 1 is 1.00 bits per heavy atom. The average molecular weight is 269 g/mol. The first kappa shape index (κ1) is 16.5. The van der Waals surface area contributed by atoms with E-state index in [9.17, 15) is 9.90 Å². The van der Waals surface area contributed by atoms with Crippen molar-refractivity contribution in [2.75, 3.05) is 27.2 Å². The molecule has 0 saturated heterocycles. The topological polar surface area (TPSA) is 40.1 Å². The Balaban J connectivity index is 2.33. The van der Waals surface area contributed by atoms with Crippen molar-refractivity contribution in [1.82, 2.24) is 0 Å². The van der Waals surface area contributed by atoms with Crippen LogP contribution in [0.5, 0.6) is 0 Å². The SMILES string of the molecule is C[N+](C)(CCC1CCCCCCCCC1)CC(=O)[O-]. The molecule has 0 aromatic carbocycles. The van der Waals surface area contributed by atoms with E-state index in [0.717, 1.165) is 12.5 Å². The molecular weight excluding hydrogens is 238 g/mol. The van der Waals surface area contributed by atoms with E-state index in [1.807, 2.05) is 14.1 Å². The number of hydrogen-bond acceptors (Lipinski definition) is 2. The molecule has 112 valence electrons. The molecule has 0 amide bonds. The summed E-state index contributed by atoms with van der Waals surface area (Å²) < 4.78 is 0.554. The van der Waals surface area contributed by atoms with Crippen LogP contribution in [0.15, 0.2) is 0 Å². The highest BCUT2D eigenvalue weighted by molar-refractivity contribution is 5.65. The fourth-order valence-electron chi connectivity index (χ4n) is 3.14. The summed E-state index contributed by atoms with van der Waals surface area (Å²) in [5.41, 5.74) is 0. The summed E-state index contributed by atoms with van der Waals surface area (Å²) in [5, 5.41) is 10.7. The first-order valence-electron chi connectivity index (χ1n) is 8.01. The Bertz CT molecular complexity index is 253. The Morgan fingerprint density at radius 3 is 1.95 bits per heavy atom. The summed E-state index contributed by atoms with van der Waals surface area (Å²) in [5.74, 6) is -0.131. The van der Waals surface area contributed by atoms with Gasteiger partial charge in [-0.1, -0.05) is 57.8 Å². The Hall–Kier alpha value is -0.570. The van der Waals surface area contributed by atoms with Crippen LogP contribution in [0.2, 0.25) is 0 Å². The smallest absolute Gasteiger partial charge is 0.119 e. The van der Waals surface area contributed by atoms with E-state index in [0.29, 0.717) is 4.48 Å². The van der Waals surface area contributed by atoms with Crippen LogP contribution in [-0.4, -0.2) is 37.6 Å². The highest BCUT2D eigenvalue weighted by Crippen LogP contribution is 2.24. The Labute approximate surface area is 118 Å². The third-order valence-electron chi connectivity index (χ3n) is 4.42. The maximum atomic E-state index is 10.7. The average Bonchev–Trinajstić information content (AvgIpc) is 2.32. The number of likely N-dealkylation sites (N-methyl/N-ethyl adjacent to an activating group) is 1. The van der Waals surface area contributed by atoms with Crippen molar-refractivity contribution in [2.24, 2.45) is 5.92 Å². The summed E-state index contributed by atoms with van der Waals surface area (Å²) >= 11 is 0. The van der Waals surface area contributed by atoms with Gasteiger partial charge in [0.05, 0.1) is 26.6 Å². The highest BCUT2D eigenvalue weighted by atomic mass is 16.4. The minimum Gasteiger partial charge on any atom is -0.544 e. The monoisotopic (exact) mass is 269 g/mol. The lowest BCUT2D eigenvalue weighted by molar-refractivity contribution is -0.885. The van der Waals surface area contributed by atoms with Gasteiger partial charge in [0, 0.05) is 0 Å². The number of carboxylic acid groups (broad SMARTS) is 1. The summed E-state index contributed by atoms with van der Waals surface area (Å²) in [4.78, 5) is 10.7. The summed E-state index contributed by atoms with van der Waals surface area (Å²) in [6, 6.07) is 0. The summed E-state index contributed by atoms with van der Waals surface area (Å²) in [6.45, 7) is 1.09. The van der Waals surface area contributed by atoms with Gasteiger partial charge in [0.2, 0.25) is 0 Å².